The second-order valence-electron chi connectivity index (χ2n) is 3.30. The second kappa shape index (κ2) is 7.19. The van der Waals surface area contributed by atoms with E-state index in [0.717, 1.165) is 19.4 Å². The van der Waals surface area contributed by atoms with Gasteiger partial charge in [-0.3, -0.25) is 4.79 Å². The van der Waals surface area contributed by atoms with Gasteiger partial charge in [-0.2, -0.15) is 0 Å². The summed E-state index contributed by atoms with van der Waals surface area (Å²) in [6.45, 7) is 7.51. The van der Waals surface area contributed by atoms with Crippen LogP contribution in [0.25, 0.3) is 0 Å². The molecule has 2 nitrogen and oxygen atoms in total. The van der Waals surface area contributed by atoms with Crippen molar-refractivity contribution in [2.24, 2.45) is 5.92 Å². The van der Waals surface area contributed by atoms with Gasteiger partial charge in [0.15, 0.2) is 0 Å². The number of halogens is 1. The molecule has 0 heterocycles. The van der Waals surface area contributed by atoms with Gasteiger partial charge in [0.2, 0.25) is 5.91 Å². The number of rotatable bonds is 6. The Morgan fingerprint density at radius 3 is 2.46 bits per heavy atom. The summed E-state index contributed by atoms with van der Waals surface area (Å²) in [7, 11) is 0. The van der Waals surface area contributed by atoms with Crippen molar-refractivity contribution in [2.75, 3.05) is 19.0 Å². The fourth-order valence-corrected chi connectivity index (χ4v) is 1.60. The van der Waals surface area contributed by atoms with E-state index < -0.39 is 0 Å². The molecule has 0 aliphatic carbocycles. The number of nitrogens with zero attached hydrogens (tertiary/aromatic N) is 1. The van der Waals surface area contributed by atoms with E-state index in [-0.39, 0.29) is 11.8 Å². The molecule has 0 N–H and O–H groups in total. The molecule has 0 saturated heterocycles. The van der Waals surface area contributed by atoms with E-state index in [1.54, 1.807) is 0 Å². The van der Waals surface area contributed by atoms with Crippen LogP contribution >= 0.6 is 11.6 Å². The Hall–Kier alpha value is -0.240. The molecule has 0 aromatic rings. The largest absolute Gasteiger partial charge is 0.342 e. The molecular weight excluding hydrogens is 186 g/mol. The topological polar surface area (TPSA) is 20.3 Å². The minimum absolute atomic E-state index is 0.146. The molecule has 1 unspecified atom stereocenters. The lowest BCUT2D eigenvalue weighted by molar-refractivity contribution is -0.134. The first kappa shape index (κ1) is 12.8. The first-order chi connectivity index (χ1) is 6.17. The van der Waals surface area contributed by atoms with Crippen LogP contribution in [0.5, 0.6) is 0 Å². The Morgan fingerprint density at radius 2 is 2.08 bits per heavy atom. The van der Waals surface area contributed by atoms with E-state index in [1.165, 1.54) is 0 Å². The van der Waals surface area contributed by atoms with Crippen molar-refractivity contribution in [2.45, 2.75) is 33.6 Å². The zero-order valence-electron chi connectivity index (χ0n) is 8.85. The maximum absolute atomic E-state index is 11.7. The van der Waals surface area contributed by atoms with Crippen molar-refractivity contribution >= 4 is 17.5 Å². The molecule has 0 rings (SSSR count). The quantitative estimate of drug-likeness (QED) is 0.611. The van der Waals surface area contributed by atoms with Crippen LogP contribution in [0.2, 0.25) is 0 Å². The van der Waals surface area contributed by atoms with Gasteiger partial charge in [0.25, 0.3) is 0 Å². The molecule has 0 aliphatic heterocycles. The van der Waals surface area contributed by atoms with Gasteiger partial charge < -0.3 is 4.90 Å². The molecule has 0 aromatic carbocycles. The predicted octanol–water partition coefficient (Wildman–Crippen LogP) is 2.51. The highest BCUT2D eigenvalue weighted by molar-refractivity contribution is 6.18. The van der Waals surface area contributed by atoms with Crippen LogP contribution in [0.3, 0.4) is 0 Å². The summed E-state index contributed by atoms with van der Waals surface area (Å²) in [6.07, 6.45) is 2.03. The Morgan fingerprint density at radius 1 is 1.46 bits per heavy atom. The zero-order valence-corrected chi connectivity index (χ0v) is 9.60. The van der Waals surface area contributed by atoms with Gasteiger partial charge >= 0.3 is 0 Å². The molecule has 0 spiro atoms. The molecule has 0 radical (unpaired) electrons. The molecule has 0 fully saturated rings. The smallest absolute Gasteiger partial charge is 0.225 e. The summed E-state index contributed by atoms with van der Waals surface area (Å²) >= 11 is 5.61. The van der Waals surface area contributed by atoms with Crippen molar-refractivity contribution in [3.05, 3.63) is 0 Å². The molecule has 1 atom stereocenters. The molecular formula is C10H20ClNO. The minimum atomic E-state index is 0.146. The van der Waals surface area contributed by atoms with Crippen molar-refractivity contribution in [1.29, 1.82) is 0 Å². The number of carbonyl (C=O) groups excluding carboxylic acids is 1. The standard InChI is InChI=1S/C10H20ClNO/c1-4-6-9(3)10(13)12(5-2)8-7-11/h9H,4-8H2,1-3H3. The normalized spacial score (nSPS) is 12.6. The van der Waals surface area contributed by atoms with E-state index in [1.807, 2.05) is 18.7 Å². The van der Waals surface area contributed by atoms with Gasteiger partial charge in [0, 0.05) is 24.9 Å². The molecule has 3 heteroatoms. The number of amides is 1. The minimum Gasteiger partial charge on any atom is -0.342 e. The van der Waals surface area contributed by atoms with Gasteiger partial charge in [0.05, 0.1) is 0 Å². The highest BCUT2D eigenvalue weighted by Gasteiger charge is 2.17. The van der Waals surface area contributed by atoms with Crippen LogP contribution in [0.4, 0.5) is 0 Å². The third kappa shape index (κ3) is 4.51. The fraction of sp³-hybridized carbons (Fsp3) is 0.900. The monoisotopic (exact) mass is 205 g/mol. The number of hydrogen-bond acceptors (Lipinski definition) is 1. The molecule has 78 valence electrons. The van der Waals surface area contributed by atoms with Crippen LogP contribution in [-0.4, -0.2) is 29.8 Å². The van der Waals surface area contributed by atoms with Crippen LogP contribution in [-0.2, 0) is 4.79 Å². The van der Waals surface area contributed by atoms with Gasteiger partial charge in [-0.05, 0) is 13.3 Å². The molecule has 0 aliphatic rings. The molecule has 1 amide bonds. The average Bonchev–Trinajstić information content (AvgIpc) is 2.13. The van der Waals surface area contributed by atoms with E-state index in [0.29, 0.717) is 12.4 Å². The Balaban J connectivity index is 4.02. The predicted molar refractivity (Wildman–Crippen MR) is 57.0 cm³/mol. The van der Waals surface area contributed by atoms with E-state index in [2.05, 4.69) is 6.92 Å². The Labute approximate surface area is 86.2 Å². The van der Waals surface area contributed by atoms with Crippen LogP contribution in [0.15, 0.2) is 0 Å². The van der Waals surface area contributed by atoms with Gasteiger partial charge in [-0.15, -0.1) is 11.6 Å². The lowest BCUT2D eigenvalue weighted by atomic mass is 10.0. The summed E-state index contributed by atoms with van der Waals surface area (Å²) in [6, 6.07) is 0. The summed E-state index contributed by atoms with van der Waals surface area (Å²) in [5.74, 6) is 0.913. The van der Waals surface area contributed by atoms with Crippen molar-refractivity contribution in [3.8, 4) is 0 Å². The van der Waals surface area contributed by atoms with Crippen molar-refractivity contribution in [1.82, 2.24) is 4.90 Å². The highest BCUT2D eigenvalue weighted by atomic mass is 35.5. The number of carbonyl (C=O) groups is 1. The van der Waals surface area contributed by atoms with Gasteiger partial charge in [-0.25, -0.2) is 0 Å². The van der Waals surface area contributed by atoms with E-state index in [4.69, 9.17) is 11.6 Å². The molecule has 13 heavy (non-hydrogen) atoms. The SMILES string of the molecule is CCCC(C)C(=O)N(CC)CCCl. The van der Waals surface area contributed by atoms with Gasteiger partial charge in [-0.1, -0.05) is 20.3 Å². The van der Waals surface area contributed by atoms with Crippen molar-refractivity contribution in [3.63, 3.8) is 0 Å². The maximum Gasteiger partial charge on any atom is 0.225 e. The number of hydrogen-bond donors (Lipinski definition) is 0. The molecule has 0 bridgehead atoms. The van der Waals surface area contributed by atoms with Crippen molar-refractivity contribution < 1.29 is 4.79 Å². The van der Waals surface area contributed by atoms with Crippen LogP contribution < -0.4 is 0 Å². The van der Waals surface area contributed by atoms with E-state index in [9.17, 15) is 4.79 Å². The summed E-state index contributed by atoms with van der Waals surface area (Å²) in [5, 5.41) is 0. The second-order valence-corrected chi connectivity index (χ2v) is 3.67. The number of alkyl halides is 1. The fourth-order valence-electron chi connectivity index (χ4n) is 1.39. The summed E-state index contributed by atoms with van der Waals surface area (Å²) in [5.41, 5.74) is 0. The van der Waals surface area contributed by atoms with Crippen LogP contribution in [0.1, 0.15) is 33.6 Å². The van der Waals surface area contributed by atoms with Crippen LogP contribution in [0, 0.1) is 5.92 Å². The first-order valence-electron chi connectivity index (χ1n) is 5.02. The summed E-state index contributed by atoms with van der Waals surface area (Å²) in [4.78, 5) is 13.5. The summed E-state index contributed by atoms with van der Waals surface area (Å²) < 4.78 is 0. The lowest BCUT2D eigenvalue weighted by Crippen LogP contribution is -2.36. The average molecular weight is 206 g/mol. The first-order valence-corrected chi connectivity index (χ1v) is 5.55. The van der Waals surface area contributed by atoms with E-state index >= 15 is 0 Å². The third-order valence-corrected chi connectivity index (χ3v) is 2.36. The van der Waals surface area contributed by atoms with Gasteiger partial charge in [0.1, 0.15) is 0 Å². The zero-order chi connectivity index (χ0) is 10.3. The highest BCUT2D eigenvalue weighted by Crippen LogP contribution is 2.09. The molecule has 0 saturated carbocycles. The third-order valence-electron chi connectivity index (χ3n) is 2.19. The Kier molecular flexibility index (Phi) is 7.06. The maximum atomic E-state index is 11.7. The molecule has 0 aromatic heterocycles. The lowest BCUT2D eigenvalue weighted by Gasteiger charge is -2.23. The Bertz CT molecular complexity index is 150.